The second kappa shape index (κ2) is 8.29. The number of hydrogen-bond donors (Lipinski definition) is 1. The Hall–Kier alpha value is -1.88. The molecule has 0 aliphatic carbocycles. The number of thiazole rings is 1. The van der Waals surface area contributed by atoms with E-state index in [1.165, 1.54) is 0 Å². The first kappa shape index (κ1) is 18.5. The fourth-order valence-corrected chi connectivity index (χ4v) is 3.28. The molecule has 1 aromatic heterocycles. The molecule has 5 heteroatoms. The maximum atomic E-state index is 12.0. The normalized spacial score (nSPS) is 11.3. The third-order valence-electron chi connectivity index (χ3n) is 3.76. The van der Waals surface area contributed by atoms with Crippen LogP contribution in [0.2, 0.25) is 0 Å². The lowest BCUT2D eigenvalue weighted by molar-refractivity contribution is -0.121. The predicted molar refractivity (Wildman–Crippen MR) is 98.8 cm³/mol. The number of hydrogen-bond acceptors (Lipinski definition) is 4. The highest BCUT2D eigenvalue weighted by molar-refractivity contribution is 7.09. The number of carbonyl (C=O) groups excluding carboxylic acids is 1. The lowest BCUT2D eigenvalue weighted by atomic mass is 9.93. The molecule has 0 saturated carbocycles. The number of nitrogens with zero attached hydrogens (tertiary/aromatic N) is 1. The first-order chi connectivity index (χ1) is 11.4. The summed E-state index contributed by atoms with van der Waals surface area (Å²) in [6.45, 7) is 7.09. The summed E-state index contributed by atoms with van der Waals surface area (Å²) in [5.41, 5.74) is 2.32. The van der Waals surface area contributed by atoms with E-state index in [0.29, 0.717) is 19.4 Å². The number of nitrogens with one attached hydrogen (secondary N) is 1. The van der Waals surface area contributed by atoms with Gasteiger partial charge in [0.15, 0.2) is 0 Å². The van der Waals surface area contributed by atoms with Crippen LogP contribution in [0.1, 0.15) is 43.5 Å². The zero-order chi connectivity index (χ0) is 17.6. The molecule has 0 bridgehead atoms. The van der Waals surface area contributed by atoms with Gasteiger partial charge in [0.2, 0.25) is 5.91 Å². The first-order valence-electron chi connectivity index (χ1n) is 8.23. The highest BCUT2D eigenvalue weighted by atomic mass is 32.1. The third kappa shape index (κ3) is 5.64. The molecule has 1 heterocycles. The molecule has 0 atom stereocenters. The summed E-state index contributed by atoms with van der Waals surface area (Å²) >= 11 is 1.64. The van der Waals surface area contributed by atoms with Crippen molar-refractivity contribution in [2.75, 3.05) is 13.7 Å². The topological polar surface area (TPSA) is 51.2 Å². The van der Waals surface area contributed by atoms with Crippen LogP contribution in [0.25, 0.3) is 0 Å². The molecule has 1 amide bonds. The van der Waals surface area contributed by atoms with Crippen molar-refractivity contribution in [1.29, 1.82) is 0 Å². The summed E-state index contributed by atoms with van der Waals surface area (Å²) in [5.74, 6) is 0.919. The summed E-state index contributed by atoms with van der Waals surface area (Å²) in [4.78, 5) is 16.6. The van der Waals surface area contributed by atoms with Crippen molar-refractivity contribution in [3.63, 3.8) is 0 Å². The smallest absolute Gasteiger partial charge is 0.220 e. The maximum absolute atomic E-state index is 12.0. The lowest BCUT2D eigenvalue weighted by Crippen LogP contribution is -2.25. The van der Waals surface area contributed by atoms with E-state index in [-0.39, 0.29) is 11.3 Å². The number of aryl methyl sites for hydroxylation is 1. The number of methoxy groups -OCH3 is 1. The molecule has 24 heavy (non-hydrogen) atoms. The van der Waals surface area contributed by atoms with Crippen LogP contribution in [-0.4, -0.2) is 24.5 Å². The van der Waals surface area contributed by atoms with Crippen molar-refractivity contribution in [3.8, 4) is 5.75 Å². The highest BCUT2D eigenvalue weighted by Gasteiger charge is 2.17. The summed E-state index contributed by atoms with van der Waals surface area (Å²) < 4.78 is 5.20. The third-order valence-corrected chi connectivity index (χ3v) is 4.66. The lowest BCUT2D eigenvalue weighted by Gasteiger charge is -2.14. The number of amides is 1. The SMILES string of the molecule is COc1cccc(CCNC(=O)CCc2nc(C(C)(C)C)cs2)c1. The maximum Gasteiger partial charge on any atom is 0.220 e. The van der Waals surface area contributed by atoms with Crippen LogP contribution in [0.15, 0.2) is 29.6 Å². The Labute approximate surface area is 148 Å². The highest BCUT2D eigenvalue weighted by Crippen LogP contribution is 2.24. The van der Waals surface area contributed by atoms with Crippen LogP contribution in [-0.2, 0) is 23.1 Å². The number of benzene rings is 1. The van der Waals surface area contributed by atoms with E-state index in [0.717, 1.165) is 28.4 Å². The van der Waals surface area contributed by atoms with Crippen LogP contribution < -0.4 is 10.1 Å². The van der Waals surface area contributed by atoms with Crippen LogP contribution >= 0.6 is 11.3 Å². The van der Waals surface area contributed by atoms with Gasteiger partial charge in [-0.05, 0) is 24.1 Å². The van der Waals surface area contributed by atoms with Gasteiger partial charge in [-0.15, -0.1) is 11.3 Å². The fraction of sp³-hybridized carbons (Fsp3) is 0.474. The zero-order valence-corrected chi connectivity index (χ0v) is 15.7. The van der Waals surface area contributed by atoms with Crippen LogP contribution in [0.3, 0.4) is 0 Å². The van der Waals surface area contributed by atoms with Gasteiger partial charge in [0.25, 0.3) is 0 Å². The number of carbonyl (C=O) groups is 1. The number of rotatable bonds is 7. The molecule has 4 nitrogen and oxygen atoms in total. The van der Waals surface area contributed by atoms with E-state index >= 15 is 0 Å². The van der Waals surface area contributed by atoms with Crippen molar-refractivity contribution in [3.05, 3.63) is 45.9 Å². The van der Waals surface area contributed by atoms with Gasteiger partial charge < -0.3 is 10.1 Å². The Bertz CT molecular complexity index is 674. The minimum atomic E-state index is 0.0632. The molecule has 2 aromatic rings. The summed E-state index contributed by atoms with van der Waals surface area (Å²) in [5, 5.41) is 6.10. The van der Waals surface area contributed by atoms with E-state index in [9.17, 15) is 4.79 Å². The van der Waals surface area contributed by atoms with Crippen LogP contribution in [0.4, 0.5) is 0 Å². The van der Waals surface area contributed by atoms with Gasteiger partial charge in [-0.3, -0.25) is 4.79 Å². The fourth-order valence-electron chi connectivity index (χ4n) is 2.25. The largest absolute Gasteiger partial charge is 0.497 e. The molecule has 0 aliphatic heterocycles. The van der Waals surface area contributed by atoms with Crippen molar-refractivity contribution >= 4 is 17.2 Å². The van der Waals surface area contributed by atoms with Gasteiger partial charge in [-0.1, -0.05) is 32.9 Å². The van der Waals surface area contributed by atoms with Crippen molar-refractivity contribution in [2.45, 2.75) is 45.4 Å². The standard InChI is InChI=1S/C19H26N2O2S/c1-19(2,3)16-13-24-18(21-16)9-8-17(22)20-11-10-14-6-5-7-15(12-14)23-4/h5-7,12-13H,8-11H2,1-4H3,(H,20,22). The summed E-state index contributed by atoms with van der Waals surface area (Å²) in [6.07, 6.45) is 1.98. The van der Waals surface area contributed by atoms with Gasteiger partial charge in [-0.25, -0.2) is 4.98 Å². The Morgan fingerprint density at radius 2 is 2.08 bits per heavy atom. The molecule has 0 aliphatic rings. The van der Waals surface area contributed by atoms with Crippen LogP contribution in [0.5, 0.6) is 5.75 Å². The number of ether oxygens (including phenoxy) is 1. The zero-order valence-electron chi connectivity index (χ0n) is 14.9. The second-order valence-electron chi connectivity index (χ2n) is 6.83. The van der Waals surface area contributed by atoms with E-state index in [1.54, 1.807) is 18.4 Å². The quantitative estimate of drug-likeness (QED) is 0.831. The summed E-state index contributed by atoms with van der Waals surface area (Å²) in [6, 6.07) is 7.92. The molecule has 2 rings (SSSR count). The Morgan fingerprint density at radius 3 is 2.75 bits per heavy atom. The second-order valence-corrected chi connectivity index (χ2v) is 7.77. The average molecular weight is 346 g/mol. The van der Waals surface area contributed by atoms with Crippen LogP contribution in [0, 0.1) is 0 Å². The molecule has 0 unspecified atom stereocenters. The van der Waals surface area contributed by atoms with Gasteiger partial charge in [0.1, 0.15) is 5.75 Å². The Morgan fingerprint density at radius 1 is 1.29 bits per heavy atom. The summed E-state index contributed by atoms with van der Waals surface area (Å²) in [7, 11) is 1.66. The minimum Gasteiger partial charge on any atom is -0.497 e. The van der Waals surface area contributed by atoms with E-state index < -0.39 is 0 Å². The molecule has 0 spiro atoms. The molecule has 0 saturated heterocycles. The van der Waals surface area contributed by atoms with Gasteiger partial charge in [-0.2, -0.15) is 0 Å². The monoisotopic (exact) mass is 346 g/mol. The molecular formula is C19H26N2O2S. The Balaban J connectivity index is 1.72. The Kier molecular flexibility index (Phi) is 6.37. The molecule has 1 N–H and O–H groups in total. The van der Waals surface area contributed by atoms with E-state index in [1.807, 2.05) is 24.3 Å². The van der Waals surface area contributed by atoms with E-state index in [2.05, 4.69) is 36.5 Å². The predicted octanol–water partition coefficient (Wildman–Crippen LogP) is 3.74. The average Bonchev–Trinajstić information content (AvgIpc) is 3.02. The minimum absolute atomic E-state index is 0.0632. The molecular weight excluding hydrogens is 320 g/mol. The van der Waals surface area contributed by atoms with Gasteiger partial charge in [0.05, 0.1) is 17.8 Å². The molecule has 1 aromatic carbocycles. The van der Waals surface area contributed by atoms with E-state index in [4.69, 9.17) is 4.74 Å². The van der Waals surface area contributed by atoms with Gasteiger partial charge in [0, 0.05) is 30.2 Å². The van der Waals surface area contributed by atoms with Crippen molar-refractivity contribution in [2.24, 2.45) is 0 Å². The molecule has 130 valence electrons. The molecule has 0 fully saturated rings. The molecule has 0 radical (unpaired) electrons. The van der Waals surface area contributed by atoms with Crippen molar-refractivity contribution in [1.82, 2.24) is 10.3 Å². The van der Waals surface area contributed by atoms with Gasteiger partial charge >= 0.3 is 0 Å². The number of aromatic nitrogens is 1. The van der Waals surface area contributed by atoms with Crippen molar-refractivity contribution < 1.29 is 9.53 Å². The first-order valence-corrected chi connectivity index (χ1v) is 9.11.